The van der Waals surface area contributed by atoms with Crippen LogP contribution in [0.3, 0.4) is 0 Å². The monoisotopic (exact) mass is 439 g/mol. The van der Waals surface area contributed by atoms with Crippen LogP contribution in [-0.2, 0) is 10.0 Å². The molecule has 8 heteroatoms. The zero-order valence-corrected chi connectivity index (χ0v) is 17.6. The molecule has 4 rings (SSSR count). The molecule has 0 amide bonds. The van der Waals surface area contributed by atoms with E-state index in [1.54, 1.807) is 48.5 Å². The lowest BCUT2D eigenvalue weighted by atomic mass is 10.1. The molecule has 0 unspecified atom stereocenters. The van der Waals surface area contributed by atoms with Crippen molar-refractivity contribution in [3.05, 3.63) is 101 Å². The van der Waals surface area contributed by atoms with E-state index < -0.39 is 16.1 Å². The molecule has 1 aromatic heterocycles. The van der Waals surface area contributed by atoms with E-state index >= 15 is 0 Å². The van der Waals surface area contributed by atoms with Crippen molar-refractivity contribution in [2.75, 3.05) is 0 Å². The molecule has 1 atom stereocenters. The highest BCUT2D eigenvalue weighted by molar-refractivity contribution is 7.89. The van der Waals surface area contributed by atoms with Gasteiger partial charge in [0, 0.05) is 10.6 Å². The first kappa shape index (κ1) is 20.3. The summed E-state index contributed by atoms with van der Waals surface area (Å²) in [6.45, 7) is 1.89. The summed E-state index contributed by atoms with van der Waals surface area (Å²) in [7, 11) is -3.88. The average Bonchev–Trinajstić information content (AvgIpc) is 3.24. The summed E-state index contributed by atoms with van der Waals surface area (Å²) in [5.41, 5.74) is 2.20. The van der Waals surface area contributed by atoms with Crippen LogP contribution in [-0.4, -0.2) is 18.6 Å². The molecule has 152 valence electrons. The molecular formula is C22H18ClN3O3S. The van der Waals surface area contributed by atoms with E-state index in [-0.39, 0.29) is 16.7 Å². The number of benzene rings is 3. The van der Waals surface area contributed by atoms with Crippen molar-refractivity contribution in [3.8, 4) is 11.5 Å². The van der Waals surface area contributed by atoms with Crippen LogP contribution in [0.4, 0.5) is 0 Å². The molecule has 0 radical (unpaired) electrons. The minimum atomic E-state index is -3.88. The number of aryl methyl sites for hydroxylation is 1. The first-order valence-electron chi connectivity index (χ1n) is 9.16. The second-order valence-corrected chi connectivity index (χ2v) is 8.82. The third kappa shape index (κ3) is 4.28. The Balaban J connectivity index is 1.75. The van der Waals surface area contributed by atoms with Crippen LogP contribution in [0.2, 0.25) is 5.02 Å². The first-order valence-corrected chi connectivity index (χ1v) is 11.0. The number of aromatic nitrogens is 2. The highest BCUT2D eigenvalue weighted by Crippen LogP contribution is 2.31. The van der Waals surface area contributed by atoms with Crippen molar-refractivity contribution in [3.63, 3.8) is 0 Å². The Labute approximate surface area is 179 Å². The Morgan fingerprint density at radius 2 is 1.57 bits per heavy atom. The van der Waals surface area contributed by atoms with Crippen LogP contribution >= 0.6 is 11.6 Å². The van der Waals surface area contributed by atoms with Crippen molar-refractivity contribution in [1.29, 1.82) is 0 Å². The van der Waals surface area contributed by atoms with Gasteiger partial charge >= 0.3 is 0 Å². The van der Waals surface area contributed by atoms with Crippen LogP contribution in [0.15, 0.2) is 88.2 Å². The van der Waals surface area contributed by atoms with Gasteiger partial charge in [0.1, 0.15) is 6.04 Å². The van der Waals surface area contributed by atoms with Gasteiger partial charge in [-0.25, -0.2) is 8.42 Å². The molecule has 1 N–H and O–H groups in total. The summed E-state index contributed by atoms with van der Waals surface area (Å²) >= 11 is 6.36. The topological polar surface area (TPSA) is 85.1 Å². The normalized spacial score (nSPS) is 12.6. The van der Waals surface area contributed by atoms with E-state index in [9.17, 15) is 8.42 Å². The van der Waals surface area contributed by atoms with E-state index in [1.165, 1.54) is 0 Å². The molecule has 0 fully saturated rings. The van der Waals surface area contributed by atoms with E-state index in [0.29, 0.717) is 10.6 Å². The number of nitrogens with zero attached hydrogens (tertiary/aromatic N) is 2. The van der Waals surface area contributed by atoms with Crippen molar-refractivity contribution < 1.29 is 12.8 Å². The van der Waals surface area contributed by atoms with Crippen LogP contribution < -0.4 is 4.72 Å². The molecule has 0 bridgehead atoms. The summed E-state index contributed by atoms with van der Waals surface area (Å²) in [6, 6.07) is 21.8. The molecule has 6 nitrogen and oxygen atoms in total. The zero-order valence-electron chi connectivity index (χ0n) is 16.0. The van der Waals surface area contributed by atoms with Gasteiger partial charge in [0.25, 0.3) is 0 Å². The molecule has 0 saturated carbocycles. The quantitative estimate of drug-likeness (QED) is 0.468. The number of hydrogen-bond donors (Lipinski definition) is 1. The Bertz CT molecular complexity index is 1260. The second kappa shape index (κ2) is 8.39. The predicted molar refractivity (Wildman–Crippen MR) is 115 cm³/mol. The molecule has 0 aliphatic rings. The third-order valence-corrected chi connectivity index (χ3v) is 6.31. The Morgan fingerprint density at radius 1 is 0.900 bits per heavy atom. The lowest BCUT2D eigenvalue weighted by molar-refractivity contribution is 0.464. The lowest BCUT2D eigenvalue weighted by Gasteiger charge is -2.17. The molecular weight excluding hydrogens is 422 g/mol. The van der Waals surface area contributed by atoms with Crippen LogP contribution in [0.5, 0.6) is 0 Å². The highest BCUT2D eigenvalue weighted by Gasteiger charge is 2.29. The minimum absolute atomic E-state index is 0.0950. The zero-order chi connectivity index (χ0) is 21.1. The van der Waals surface area contributed by atoms with Gasteiger partial charge in [-0.2, -0.15) is 4.72 Å². The van der Waals surface area contributed by atoms with Crippen LogP contribution in [0.25, 0.3) is 11.5 Å². The Hall–Kier alpha value is -3.00. The Kier molecular flexibility index (Phi) is 5.67. The van der Waals surface area contributed by atoms with E-state index in [2.05, 4.69) is 14.9 Å². The van der Waals surface area contributed by atoms with Gasteiger partial charge < -0.3 is 4.42 Å². The maximum Gasteiger partial charge on any atom is 0.247 e. The van der Waals surface area contributed by atoms with Gasteiger partial charge in [0.15, 0.2) is 0 Å². The fraction of sp³-hybridized carbons (Fsp3) is 0.0909. The largest absolute Gasteiger partial charge is 0.419 e. The maximum atomic E-state index is 13.0. The highest BCUT2D eigenvalue weighted by atomic mass is 35.5. The Morgan fingerprint density at radius 3 is 2.27 bits per heavy atom. The van der Waals surface area contributed by atoms with E-state index in [0.717, 1.165) is 11.1 Å². The summed E-state index contributed by atoms with van der Waals surface area (Å²) in [5, 5.41) is 8.57. The summed E-state index contributed by atoms with van der Waals surface area (Å²) in [5.74, 6) is 0.384. The minimum Gasteiger partial charge on any atom is -0.419 e. The maximum absolute atomic E-state index is 13.0. The molecule has 3 aromatic carbocycles. The standard InChI is InChI=1S/C22H18ClN3O3S/c1-15-11-13-17(14-12-15)30(27,28)26-20(18-9-5-6-10-19(18)23)22-25-24-21(29-22)16-7-3-2-4-8-16/h2-14,20,26H,1H3/t20-/m0/s1. The molecule has 0 spiro atoms. The van der Waals surface area contributed by atoms with Crippen molar-refractivity contribution in [2.24, 2.45) is 0 Å². The molecule has 4 aromatic rings. The fourth-order valence-electron chi connectivity index (χ4n) is 2.95. The molecule has 30 heavy (non-hydrogen) atoms. The van der Waals surface area contributed by atoms with Gasteiger partial charge in [-0.15, -0.1) is 10.2 Å². The summed E-state index contributed by atoms with van der Waals surface area (Å²) in [6.07, 6.45) is 0. The van der Waals surface area contributed by atoms with Gasteiger partial charge in [0.2, 0.25) is 21.8 Å². The second-order valence-electron chi connectivity index (χ2n) is 6.70. The smallest absolute Gasteiger partial charge is 0.247 e. The van der Waals surface area contributed by atoms with Crippen molar-refractivity contribution >= 4 is 21.6 Å². The average molecular weight is 440 g/mol. The molecule has 1 heterocycles. The van der Waals surface area contributed by atoms with Gasteiger partial charge in [-0.05, 0) is 42.8 Å². The summed E-state index contributed by atoms with van der Waals surface area (Å²) in [4.78, 5) is 0.132. The van der Waals surface area contributed by atoms with Crippen molar-refractivity contribution in [2.45, 2.75) is 17.9 Å². The third-order valence-electron chi connectivity index (χ3n) is 4.53. The first-order chi connectivity index (χ1) is 14.4. The molecule has 0 aliphatic heterocycles. The number of nitrogens with one attached hydrogen (secondary N) is 1. The fourth-order valence-corrected chi connectivity index (χ4v) is 4.36. The van der Waals surface area contributed by atoms with Gasteiger partial charge in [-0.1, -0.05) is 65.7 Å². The predicted octanol–water partition coefficient (Wildman–Crippen LogP) is 4.77. The van der Waals surface area contributed by atoms with Gasteiger partial charge in [0.05, 0.1) is 4.90 Å². The number of halogens is 1. The van der Waals surface area contributed by atoms with Crippen LogP contribution in [0, 0.1) is 6.92 Å². The van der Waals surface area contributed by atoms with Crippen LogP contribution in [0.1, 0.15) is 23.1 Å². The lowest BCUT2D eigenvalue weighted by Crippen LogP contribution is -2.30. The molecule has 0 saturated heterocycles. The SMILES string of the molecule is Cc1ccc(S(=O)(=O)N[C@H](c2nnc(-c3ccccc3)o2)c2ccccc2Cl)cc1. The van der Waals surface area contributed by atoms with E-state index in [4.69, 9.17) is 16.0 Å². The van der Waals surface area contributed by atoms with E-state index in [1.807, 2.05) is 37.3 Å². The van der Waals surface area contributed by atoms with Crippen molar-refractivity contribution in [1.82, 2.24) is 14.9 Å². The summed E-state index contributed by atoms with van der Waals surface area (Å²) < 4.78 is 34.6. The number of rotatable bonds is 6. The molecule has 0 aliphatic carbocycles. The van der Waals surface area contributed by atoms with Gasteiger partial charge in [-0.3, -0.25) is 0 Å². The number of hydrogen-bond acceptors (Lipinski definition) is 5. The number of sulfonamides is 1.